The highest BCUT2D eigenvalue weighted by Gasteiger charge is 2.15. The molecule has 27 heavy (non-hydrogen) atoms. The number of benzene rings is 2. The molecule has 2 aromatic carbocycles. The summed E-state index contributed by atoms with van der Waals surface area (Å²) >= 11 is 0. The number of amides is 2. The predicted molar refractivity (Wildman–Crippen MR) is 98.0 cm³/mol. The molecule has 0 saturated carbocycles. The lowest BCUT2D eigenvalue weighted by atomic mass is 10.1. The molecular weight excluding hydrogens is 350 g/mol. The van der Waals surface area contributed by atoms with E-state index in [2.05, 4.69) is 15.7 Å². The van der Waals surface area contributed by atoms with E-state index in [-0.39, 0.29) is 17.2 Å². The van der Waals surface area contributed by atoms with Crippen LogP contribution in [-0.2, 0) is 0 Å². The molecule has 0 aliphatic carbocycles. The van der Waals surface area contributed by atoms with E-state index in [1.54, 1.807) is 24.3 Å². The van der Waals surface area contributed by atoms with Gasteiger partial charge in [-0.2, -0.15) is 5.10 Å². The Balaban J connectivity index is 1.80. The number of aromatic nitrogens is 2. The molecule has 0 atom stereocenters. The number of carbonyl (C=O) groups excluding carboxylic acids is 2. The zero-order valence-corrected chi connectivity index (χ0v) is 14.2. The largest absolute Gasteiger partial charge is 0.355 e. The molecule has 0 spiro atoms. The summed E-state index contributed by atoms with van der Waals surface area (Å²) in [6.45, 7) is 0. The maximum Gasteiger partial charge on any atom is 0.269 e. The Bertz CT molecular complexity index is 1010. The maximum absolute atomic E-state index is 12.5. The van der Waals surface area contributed by atoms with Gasteiger partial charge in [0.25, 0.3) is 17.5 Å². The summed E-state index contributed by atoms with van der Waals surface area (Å²) in [4.78, 5) is 34.6. The van der Waals surface area contributed by atoms with Crippen LogP contribution in [-0.4, -0.2) is 33.6 Å². The van der Waals surface area contributed by atoms with Crippen molar-refractivity contribution < 1.29 is 14.5 Å². The van der Waals surface area contributed by atoms with Gasteiger partial charge in [0.05, 0.1) is 33.6 Å². The van der Waals surface area contributed by atoms with E-state index in [4.69, 9.17) is 0 Å². The van der Waals surface area contributed by atoms with E-state index in [9.17, 15) is 19.7 Å². The van der Waals surface area contributed by atoms with Gasteiger partial charge in [0.15, 0.2) is 0 Å². The first-order valence-corrected chi connectivity index (χ1v) is 7.91. The minimum absolute atomic E-state index is 0.0327. The molecule has 0 saturated heterocycles. The molecule has 0 fully saturated rings. The van der Waals surface area contributed by atoms with Crippen LogP contribution in [0.25, 0.3) is 5.69 Å². The third kappa shape index (κ3) is 3.82. The maximum atomic E-state index is 12.5. The molecule has 1 aromatic heterocycles. The Labute approximate surface area is 153 Å². The second kappa shape index (κ2) is 7.48. The topological polar surface area (TPSA) is 119 Å². The molecule has 0 radical (unpaired) electrons. The Morgan fingerprint density at radius 1 is 1.07 bits per heavy atom. The number of non-ortho nitro benzene ring substituents is 1. The van der Waals surface area contributed by atoms with Gasteiger partial charge in [0, 0.05) is 25.4 Å². The van der Waals surface area contributed by atoms with Crippen LogP contribution in [0, 0.1) is 10.1 Å². The Morgan fingerprint density at radius 2 is 1.78 bits per heavy atom. The SMILES string of the molecule is CNC(=O)c1ccccc1NC(=O)c1cnn(-c2ccc([N+](=O)[O-])cc2)c1. The molecule has 0 unspecified atom stereocenters. The fourth-order valence-corrected chi connectivity index (χ4v) is 2.43. The van der Waals surface area contributed by atoms with E-state index >= 15 is 0 Å². The van der Waals surface area contributed by atoms with Crippen LogP contribution in [0.2, 0.25) is 0 Å². The van der Waals surface area contributed by atoms with Crippen LogP contribution in [0.3, 0.4) is 0 Å². The number of hydrogen-bond donors (Lipinski definition) is 2. The Hall–Kier alpha value is -4.01. The van der Waals surface area contributed by atoms with Gasteiger partial charge in [-0.3, -0.25) is 19.7 Å². The van der Waals surface area contributed by atoms with Gasteiger partial charge in [-0.25, -0.2) is 4.68 Å². The van der Waals surface area contributed by atoms with Crippen molar-refractivity contribution in [2.75, 3.05) is 12.4 Å². The molecule has 0 aliphatic rings. The van der Waals surface area contributed by atoms with Crippen molar-refractivity contribution in [3.63, 3.8) is 0 Å². The molecule has 0 aliphatic heterocycles. The van der Waals surface area contributed by atoms with Crippen molar-refractivity contribution in [1.29, 1.82) is 0 Å². The summed E-state index contributed by atoms with van der Waals surface area (Å²) in [5.41, 5.74) is 1.54. The fourth-order valence-electron chi connectivity index (χ4n) is 2.43. The van der Waals surface area contributed by atoms with Crippen LogP contribution < -0.4 is 10.6 Å². The molecule has 9 heteroatoms. The number of rotatable bonds is 5. The summed E-state index contributed by atoms with van der Waals surface area (Å²) in [5, 5.41) is 20.0. The minimum Gasteiger partial charge on any atom is -0.355 e. The Kier molecular flexibility index (Phi) is 4.93. The van der Waals surface area contributed by atoms with Crippen LogP contribution in [0.4, 0.5) is 11.4 Å². The lowest BCUT2D eigenvalue weighted by molar-refractivity contribution is -0.384. The van der Waals surface area contributed by atoms with Crippen molar-refractivity contribution in [2.24, 2.45) is 0 Å². The number of nitro benzene ring substituents is 1. The van der Waals surface area contributed by atoms with E-state index in [0.29, 0.717) is 16.9 Å². The first kappa shape index (κ1) is 17.8. The molecule has 3 rings (SSSR count). The van der Waals surface area contributed by atoms with E-state index in [1.807, 2.05) is 0 Å². The molecular formula is C18H15N5O4. The summed E-state index contributed by atoms with van der Waals surface area (Å²) in [6, 6.07) is 12.4. The van der Waals surface area contributed by atoms with Gasteiger partial charge in [0.1, 0.15) is 0 Å². The molecule has 136 valence electrons. The molecule has 3 aromatic rings. The lowest BCUT2D eigenvalue weighted by Gasteiger charge is -2.09. The highest BCUT2D eigenvalue weighted by Crippen LogP contribution is 2.18. The van der Waals surface area contributed by atoms with Gasteiger partial charge in [0.2, 0.25) is 0 Å². The molecule has 9 nitrogen and oxygen atoms in total. The van der Waals surface area contributed by atoms with Gasteiger partial charge >= 0.3 is 0 Å². The summed E-state index contributed by atoms with van der Waals surface area (Å²) < 4.78 is 1.43. The molecule has 0 bridgehead atoms. The van der Waals surface area contributed by atoms with Crippen molar-refractivity contribution >= 4 is 23.2 Å². The standard InChI is InChI=1S/C18H15N5O4/c1-19-18(25)15-4-2-3-5-16(15)21-17(24)12-10-20-22(11-12)13-6-8-14(9-7-13)23(26)27/h2-11H,1H3,(H,19,25)(H,21,24). The number of hydrogen-bond acceptors (Lipinski definition) is 5. The third-order valence-electron chi connectivity index (χ3n) is 3.82. The highest BCUT2D eigenvalue weighted by molar-refractivity contribution is 6.08. The van der Waals surface area contributed by atoms with E-state index < -0.39 is 10.8 Å². The number of carbonyl (C=O) groups is 2. The van der Waals surface area contributed by atoms with Crippen molar-refractivity contribution in [3.8, 4) is 5.69 Å². The number of para-hydroxylation sites is 1. The van der Waals surface area contributed by atoms with Crippen molar-refractivity contribution in [2.45, 2.75) is 0 Å². The van der Waals surface area contributed by atoms with Crippen molar-refractivity contribution in [3.05, 3.63) is 82.2 Å². The predicted octanol–water partition coefficient (Wildman–Crippen LogP) is 2.39. The van der Waals surface area contributed by atoms with E-state index in [1.165, 1.54) is 48.4 Å². The van der Waals surface area contributed by atoms with Crippen LogP contribution >= 0.6 is 0 Å². The number of nitrogens with one attached hydrogen (secondary N) is 2. The summed E-state index contributed by atoms with van der Waals surface area (Å²) in [5.74, 6) is -0.744. The van der Waals surface area contributed by atoms with Gasteiger partial charge in [-0.15, -0.1) is 0 Å². The highest BCUT2D eigenvalue weighted by atomic mass is 16.6. The molecule has 1 heterocycles. The second-order valence-electron chi connectivity index (χ2n) is 5.53. The first-order chi connectivity index (χ1) is 13.0. The normalized spacial score (nSPS) is 10.3. The number of nitro groups is 1. The fraction of sp³-hybridized carbons (Fsp3) is 0.0556. The zero-order valence-electron chi connectivity index (χ0n) is 14.2. The quantitative estimate of drug-likeness (QED) is 0.531. The summed E-state index contributed by atoms with van der Waals surface area (Å²) in [7, 11) is 1.51. The lowest BCUT2D eigenvalue weighted by Crippen LogP contribution is -2.21. The molecule has 2 amide bonds. The first-order valence-electron chi connectivity index (χ1n) is 7.91. The van der Waals surface area contributed by atoms with Crippen LogP contribution in [0.5, 0.6) is 0 Å². The number of nitrogens with zero attached hydrogens (tertiary/aromatic N) is 3. The van der Waals surface area contributed by atoms with Gasteiger partial charge < -0.3 is 10.6 Å². The van der Waals surface area contributed by atoms with E-state index in [0.717, 1.165) is 0 Å². The average molecular weight is 365 g/mol. The number of anilines is 1. The minimum atomic E-state index is -0.490. The van der Waals surface area contributed by atoms with Crippen molar-refractivity contribution in [1.82, 2.24) is 15.1 Å². The van der Waals surface area contributed by atoms with Crippen LogP contribution in [0.15, 0.2) is 60.9 Å². The van der Waals surface area contributed by atoms with Gasteiger partial charge in [-0.05, 0) is 24.3 Å². The third-order valence-corrected chi connectivity index (χ3v) is 3.82. The average Bonchev–Trinajstić information content (AvgIpc) is 3.18. The smallest absolute Gasteiger partial charge is 0.269 e. The zero-order chi connectivity index (χ0) is 19.4. The second-order valence-corrected chi connectivity index (χ2v) is 5.53. The van der Waals surface area contributed by atoms with Crippen LogP contribution in [0.1, 0.15) is 20.7 Å². The van der Waals surface area contributed by atoms with Gasteiger partial charge in [-0.1, -0.05) is 12.1 Å². The Morgan fingerprint density at radius 3 is 2.44 bits per heavy atom. The summed E-state index contributed by atoms with van der Waals surface area (Å²) in [6.07, 6.45) is 2.87. The molecule has 2 N–H and O–H groups in total. The monoisotopic (exact) mass is 365 g/mol.